The number of nitrogens with two attached hydrogens (primary N) is 1. The van der Waals surface area contributed by atoms with Gasteiger partial charge in [-0.25, -0.2) is 0 Å². The van der Waals surface area contributed by atoms with Gasteiger partial charge in [-0.2, -0.15) is 0 Å². The molecule has 1 rings (SSSR count). The molecule has 0 saturated heterocycles. The number of carboxylic acid groups (broad SMARTS) is 1. The summed E-state index contributed by atoms with van der Waals surface area (Å²) in [5, 5.41) is 8.55. The summed E-state index contributed by atoms with van der Waals surface area (Å²) >= 11 is 0. The molecule has 4 nitrogen and oxygen atoms in total. The Hall–Kier alpha value is -1.06. The Kier molecular flexibility index (Phi) is 1.89. The van der Waals surface area contributed by atoms with E-state index >= 15 is 0 Å². The van der Waals surface area contributed by atoms with Gasteiger partial charge in [0.2, 0.25) is 0 Å². The average Bonchev–Trinajstić information content (AvgIpc) is 1.88. The zero-order chi connectivity index (χ0) is 7.56. The first-order chi connectivity index (χ1) is 4.72. The molecule has 0 radical (unpaired) electrons. The van der Waals surface area contributed by atoms with Crippen LogP contribution in [0.1, 0.15) is 12.8 Å². The van der Waals surface area contributed by atoms with Gasteiger partial charge in [-0.05, 0) is 12.8 Å². The summed E-state index contributed by atoms with van der Waals surface area (Å²) in [5.74, 6) is -1.12. The van der Waals surface area contributed by atoms with Gasteiger partial charge in [0.05, 0.1) is 0 Å². The third-order valence-electron chi connectivity index (χ3n) is 1.60. The predicted molar refractivity (Wildman–Crippen MR) is 36.8 cm³/mol. The predicted octanol–water partition coefficient (Wildman–Crippen LogP) is -0.162. The Morgan fingerprint density at radius 3 is 2.90 bits per heavy atom. The van der Waals surface area contributed by atoms with Crippen molar-refractivity contribution < 1.29 is 9.90 Å². The van der Waals surface area contributed by atoms with Crippen molar-refractivity contribution in [2.75, 3.05) is 6.54 Å². The minimum absolute atomic E-state index is 0.277. The summed E-state index contributed by atoms with van der Waals surface area (Å²) in [6, 6.07) is 0. The van der Waals surface area contributed by atoms with Crippen LogP contribution in [-0.2, 0) is 4.79 Å². The Morgan fingerprint density at radius 2 is 2.50 bits per heavy atom. The molecule has 0 aromatic carbocycles. The van der Waals surface area contributed by atoms with Gasteiger partial charge >= 0.3 is 5.97 Å². The molecule has 3 N–H and O–H groups in total. The number of carboxylic acids is 1. The summed E-state index contributed by atoms with van der Waals surface area (Å²) in [6.07, 6.45) is 1.46. The van der Waals surface area contributed by atoms with Gasteiger partial charge in [0, 0.05) is 6.54 Å². The molecule has 0 fully saturated rings. The van der Waals surface area contributed by atoms with Crippen LogP contribution in [0.25, 0.3) is 0 Å². The second kappa shape index (κ2) is 2.68. The van der Waals surface area contributed by atoms with Crippen LogP contribution in [0.4, 0.5) is 0 Å². The highest BCUT2D eigenvalue weighted by molar-refractivity contribution is 5.99. The molecule has 10 heavy (non-hydrogen) atoms. The zero-order valence-electron chi connectivity index (χ0n) is 5.58. The first-order valence-corrected chi connectivity index (χ1v) is 3.24. The number of hydrogen-bond donors (Lipinski definition) is 2. The fourth-order valence-electron chi connectivity index (χ4n) is 1.01. The molecule has 0 aliphatic carbocycles. The van der Waals surface area contributed by atoms with Crippen LogP contribution in [-0.4, -0.2) is 23.5 Å². The van der Waals surface area contributed by atoms with Gasteiger partial charge in [0.1, 0.15) is 11.8 Å². The van der Waals surface area contributed by atoms with E-state index in [1.807, 2.05) is 0 Å². The number of amidine groups is 1. The lowest BCUT2D eigenvalue weighted by Crippen LogP contribution is -2.33. The van der Waals surface area contributed by atoms with E-state index in [4.69, 9.17) is 10.8 Å². The van der Waals surface area contributed by atoms with Crippen molar-refractivity contribution in [3.05, 3.63) is 0 Å². The Balaban J connectivity index is 2.67. The number of rotatable bonds is 1. The van der Waals surface area contributed by atoms with Crippen LogP contribution in [0.3, 0.4) is 0 Å². The van der Waals surface area contributed by atoms with Gasteiger partial charge in [-0.3, -0.25) is 9.79 Å². The molecule has 1 aliphatic rings. The smallest absolute Gasteiger partial charge is 0.314 e. The summed E-state index contributed by atoms with van der Waals surface area (Å²) in [4.78, 5) is 14.3. The van der Waals surface area contributed by atoms with Gasteiger partial charge in [-0.1, -0.05) is 0 Å². The monoisotopic (exact) mass is 142 g/mol. The highest BCUT2D eigenvalue weighted by atomic mass is 16.4. The first-order valence-electron chi connectivity index (χ1n) is 3.24. The fraction of sp³-hybridized carbons (Fsp3) is 0.667. The van der Waals surface area contributed by atoms with Crippen LogP contribution in [0, 0.1) is 5.92 Å². The van der Waals surface area contributed by atoms with Gasteiger partial charge in [-0.15, -0.1) is 0 Å². The zero-order valence-corrected chi connectivity index (χ0v) is 5.58. The number of carbonyl (C=O) groups is 1. The van der Waals surface area contributed by atoms with Crippen molar-refractivity contribution in [3.63, 3.8) is 0 Å². The fourth-order valence-corrected chi connectivity index (χ4v) is 1.01. The lowest BCUT2D eigenvalue weighted by atomic mass is 10.00. The number of hydrogen-bond acceptors (Lipinski definition) is 3. The molecular weight excluding hydrogens is 132 g/mol. The van der Waals surface area contributed by atoms with E-state index in [0.717, 1.165) is 6.42 Å². The molecule has 1 atom stereocenters. The van der Waals surface area contributed by atoms with E-state index in [-0.39, 0.29) is 5.84 Å². The van der Waals surface area contributed by atoms with Crippen molar-refractivity contribution in [1.82, 2.24) is 0 Å². The lowest BCUT2D eigenvalue weighted by molar-refractivity contribution is -0.139. The maximum absolute atomic E-state index is 10.4. The van der Waals surface area contributed by atoms with Crippen molar-refractivity contribution in [3.8, 4) is 0 Å². The number of nitrogens with zero attached hydrogens (tertiary/aromatic N) is 1. The van der Waals surface area contributed by atoms with Crippen molar-refractivity contribution in [2.24, 2.45) is 16.6 Å². The second-order valence-electron chi connectivity index (χ2n) is 2.34. The summed E-state index contributed by atoms with van der Waals surface area (Å²) in [7, 11) is 0. The maximum Gasteiger partial charge on any atom is 0.314 e. The quantitative estimate of drug-likeness (QED) is 0.534. The molecule has 4 heteroatoms. The Bertz CT molecular complexity index is 177. The topological polar surface area (TPSA) is 75.7 Å². The normalized spacial score (nSPS) is 25.6. The van der Waals surface area contributed by atoms with Crippen LogP contribution in [0.2, 0.25) is 0 Å². The highest BCUT2D eigenvalue weighted by Crippen LogP contribution is 2.11. The van der Waals surface area contributed by atoms with Crippen LogP contribution >= 0.6 is 0 Å². The van der Waals surface area contributed by atoms with E-state index in [2.05, 4.69) is 4.99 Å². The van der Waals surface area contributed by atoms with E-state index in [9.17, 15) is 4.79 Å². The molecule has 1 heterocycles. The summed E-state index contributed by atoms with van der Waals surface area (Å²) < 4.78 is 0. The van der Waals surface area contributed by atoms with Crippen molar-refractivity contribution in [2.45, 2.75) is 12.8 Å². The van der Waals surface area contributed by atoms with E-state index in [1.165, 1.54) is 0 Å². The molecule has 0 bridgehead atoms. The number of aliphatic carboxylic acids is 1. The lowest BCUT2D eigenvalue weighted by Gasteiger charge is -2.15. The van der Waals surface area contributed by atoms with Crippen LogP contribution in [0.15, 0.2) is 4.99 Å². The molecule has 0 amide bonds. The summed E-state index contributed by atoms with van der Waals surface area (Å²) in [5.41, 5.74) is 5.35. The van der Waals surface area contributed by atoms with Gasteiger partial charge in [0.25, 0.3) is 0 Å². The van der Waals surface area contributed by atoms with Crippen molar-refractivity contribution >= 4 is 11.8 Å². The van der Waals surface area contributed by atoms with Crippen molar-refractivity contribution in [1.29, 1.82) is 0 Å². The largest absolute Gasteiger partial charge is 0.481 e. The Labute approximate surface area is 58.7 Å². The van der Waals surface area contributed by atoms with Gasteiger partial charge < -0.3 is 10.8 Å². The van der Waals surface area contributed by atoms with Crippen LogP contribution in [0.5, 0.6) is 0 Å². The third-order valence-corrected chi connectivity index (χ3v) is 1.60. The molecule has 0 aromatic heterocycles. The molecule has 56 valence electrons. The average molecular weight is 142 g/mol. The molecule has 0 spiro atoms. The highest BCUT2D eigenvalue weighted by Gasteiger charge is 2.23. The molecule has 0 aromatic rings. The second-order valence-corrected chi connectivity index (χ2v) is 2.34. The molecular formula is C6H10N2O2. The molecule has 1 unspecified atom stereocenters. The molecule has 0 saturated carbocycles. The first kappa shape index (κ1) is 7.05. The SMILES string of the molecule is NC1=NCCCC1C(=O)O. The third kappa shape index (κ3) is 1.26. The van der Waals surface area contributed by atoms with E-state index < -0.39 is 11.9 Å². The van der Waals surface area contributed by atoms with Crippen LogP contribution < -0.4 is 5.73 Å². The summed E-state index contributed by atoms with van der Waals surface area (Å²) in [6.45, 7) is 0.676. The van der Waals surface area contributed by atoms with E-state index in [1.54, 1.807) is 0 Å². The minimum atomic E-state index is -0.860. The molecule has 1 aliphatic heterocycles. The minimum Gasteiger partial charge on any atom is -0.481 e. The number of aliphatic imine (C=N–C) groups is 1. The van der Waals surface area contributed by atoms with Gasteiger partial charge in [0.15, 0.2) is 0 Å². The maximum atomic E-state index is 10.4. The van der Waals surface area contributed by atoms with E-state index in [0.29, 0.717) is 13.0 Å². The standard InChI is InChI=1S/C6H10N2O2/c7-5-4(6(9)10)2-1-3-8-5/h4H,1-3H2,(H2,7,8)(H,9,10). The Morgan fingerprint density at radius 1 is 1.80 bits per heavy atom.